The molecule has 0 saturated carbocycles. The minimum atomic E-state index is 0.198. The van der Waals surface area contributed by atoms with Crippen LogP contribution in [-0.4, -0.2) is 28.6 Å². The molecule has 2 saturated heterocycles. The normalized spacial score (nSPS) is 35.4. The van der Waals surface area contributed by atoms with Crippen molar-refractivity contribution < 1.29 is 0 Å². The fourth-order valence-electron chi connectivity index (χ4n) is 4.23. The molecule has 0 spiro atoms. The summed E-state index contributed by atoms with van der Waals surface area (Å²) in [6.45, 7) is 3.39. The van der Waals surface area contributed by atoms with Gasteiger partial charge in [-0.2, -0.15) is 0 Å². The fourth-order valence-corrected chi connectivity index (χ4v) is 4.23. The minimum absolute atomic E-state index is 0.198. The number of hydrogen-bond acceptors (Lipinski definition) is 2. The van der Waals surface area contributed by atoms with Gasteiger partial charge in [-0.15, -0.1) is 0 Å². The van der Waals surface area contributed by atoms with Gasteiger partial charge in [0.2, 0.25) is 0 Å². The number of rotatable bonds is 0. The summed E-state index contributed by atoms with van der Waals surface area (Å²) in [7, 11) is 0. The summed E-state index contributed by atoms with van der Waals surface area (Å²) in [4.78, 5) is 14.6. The first-order valence-corrected chi connectivity index (χ1v) is 6.77. The largest absolute Gasteiger partial charge is 0.312 e. The zero-order valence-corrected chi connectivity index (χ0v) is 10.0. The van der Waals surface area contributed by atoms with Crippen molar-refractivity contribution in [1.82, 2.24) is 9.47 Å². The Labute approximate surface area is 101 Å². The lowest BCUT2D eigenvalue weighted by Gasteiger charge is -2.45. The number of piperidine rings is 1. The Bertz CT molecular complexity index is 507. The topological polar surface area (TPSA) is 25.2 Å². The molecule has 3 aliphatic rings. The van der Waals surface area contributed by atoms with Gasteiger partial charge in [-0.05, 0) is 37.8 Å². The van der Waals surface area contributed by atoms with Crippen LogP contribution in [0.4, 0.5) is 0 Å². The van der Waals surface area contributed by atoms with Crippen molar-refractivity contribution in [3.05, 3.63) is 34.2 Å². The predicted molar refractivity (Wildman–Crippen MR) is 66.1 cm³/mol. The van der Waals surface area contributed by atoms with E-state index in [2.05, 4.69) is 11.0 Å². The maximum absolute atomic E-state index is 11.9. The van der Waals surface area contributed by atoms with Gasteiger partial charge in [0.05, 0.1) is 0 Å². The highest BCUT2D eigenvalue weighted by Gasteiger charge is 2.42. The van der Waals surface area contributed by atoms with Gasteiger partial charge in [0.15, 0.2) is 0 Å². The number of nitrogens with zero attached hydrogens (tertiary/aromatic N) is 2. The molecule has 0 radical (unpaired) electrons. The van der Waals surface area contributed by atoms with E-state index in [0.717, 1.165) is 12.6 Å². The number of hydrogen-bond donors (Lipinski definition) is 0. The summed E-state index contributed by atoms with van der Waals surface area (Å²) in [5, 5.41) is 0. The molecule has 2 fully saturated rings. The molecule has 0 amide bonds. The third-order valence-corrected chi connectivity index (χ3v) is 4.92. The van der Waals surface area contributed by atoms with Crippen LogP contribution in [0, 0.1) is 5.92 Å². The Balaban J connectivity index is 1.81. The van der Waals surface area contributed by atoms with Gasteiger partial charge in [-0.25, -0.2) is 0 Å². The molecule has 0 N–H and O–H groups in total. The summed E-state index contributed by atoms with van der Waals surface area (Å²) in [6.07, 6.45) is 3.98. The molecule has 4 rings (SSSR count). The number of pyridine rings is 1. The van der Waals surface area contributed by atoms with Gasteiger partial charge < -0.3 is 4.57 Å². The average Bonchev–Trinajstić information content (AvgIpc) is 2.79. The first-order chi connectivity index (χ1) is 8.33. The highest BCUT2D eigenvalue weighted by atomic mass is 16.1. The van der Waals surface area contributed by atoms with E-state index >= 15 is 0 Å². The van der Waals surface area contributed by atoms with Crippen LogP contribution < -0.4 is 5.56 Å². The third kappa shape index (κ3) is 1.35. The minimum Gasteiger partial charge on any atom is -0.312 e. The maximum atomic E-state index is 11.9. The molecule has 3 aliphatic heterocycles. The summed E-state index contributed by atoms with van der Waals surface area (Å²) in [6, 6.07) is 6.53. The van der Waals surface area contributed by atoms with Crippen molar-refractivity contribution in [3.8, 4) is 0 Å². The SMILES string of the molecule is O=c1cccc2n1CC1CC2CN2CCC[C@H]12. The smallest absolute Gasteiger partial charge is 0.250 e. The van der Waals surface area contributed by atoms with Crippen molar-refractivity contribution >= 4 is 0 Å². The van der Waals surface area contributed by atoms with E-state index in [1.165, 1.54) is 38.0 Å². The van der Waals surface area contributed by atoms with Crippen LogP contribution in [0.5, 0.6) is 0 Å². The van der Waals surface area contributed by atoms with Gasteiger partial charge in [-0.1, -0.05) is 6.07 Å². The Morgan fingerprint density at radius 3 is 3.12 bits per heavy atom. The zero-order valence-electron chi connectivity index (χ0n) is 10.0. The lowest BCUT2D eigenvalue weighted by atomic mass is 9.78. The fraction of sp³-hybridized carbons (Fsp3) is 0.643. The van der Waals surface area contributed by atoms with Crippen molar-refractivity contribution in [2.75, 3.05) is 13.1 Å². The zero-order chi connectivity index (χ0) is 11.4. The highest BCUT2D eigenvalue weighted by Crippen LogP contribution is 2.41. The molecule has 1 aromatic rings. The molecule has 17 heavy (non-hydrogen) atoms. The highest BCUT2D eigenvalue weighted by molar-refractivity contribution is 5.18. The Kier molecular flexibility index (Phi) is 2.01. The van der Waals surface area contributed by atoms with E-state index in [-0.39, 0.29) is 5.56 Å². The van der Waals surface area contributed by atoms with Crippen LogP contribution in [0.2, 0.25) is 0 Å². The maximum Gasteiger partial charge on any atom is 0.250 e. The van der Waals surface area contributed by atoms with Gasteiger partial charge in [0.1, 0.15) is 0 Å². The van der Waals surface area contributed by atoms with E-state index < -0.39 is 0 Å². The lowest BCUT2D eigenvalue weighted by Crippen LogP contribution is -2.50. The van der Waals surface area contributed by atoms with Crippen molar-refractivity contribution in [2.45, 2.75) is 37.8 Å². The molecule has 3 heteroatoms. The molecule has 90 valence electrons. The lowest BCUT2D eigenvalue weighted by molar-refractivity contribution is 0.0832. The summed E-state index contributed by atoms with van der Waals surface area (Å²) >= 11 is 0. The second-order valence-corrected chi connectivity index (χ2v) is 5.80. The molecule has 2 bridgehead atoms. The van der Waals surface area contributed by atoms with Crippen LogP contribution in [0.15, 0.2) is 23.0 Å². The molecule has 0 aromatic carbocycles. The van der Waals surface area contributed by atoms with Crippen molar-refractivity contribution in [3.63, 3.8) is 0 Å². The predicted octanol–water partition coefficient (Wildman–Crippen LogP) is 1.43. The quantitative estimate of drug-likeness (QED) is 0.673. The van der Waals surface area contributed by atoms with Crippen LogP contribution in [0.1, 0.15) is 30.9 Å². The van der Waals surface area contributed by atoms with Crippen LogP contribution in [-0.2, 0) is 6.54 Å². The second kappa shape index (κ2) is 3.45. The van der Waals surface area contributed by atoms with Gasteiger partial charge in [0, 0.05) is 36.8 Å². The molecular formula is C14H18N2O. The Hall–Kier alpha value is -1.09. The molecule has 0 aliphatic carbocycles. The number of aromatic nitrogens is 1. The van der Waals surface area contributed by atoms with E-state index in [4.69, 9.17) is 0 Å². The van der Waals surface area contributed by atoms with Gasteiger partial charge >= 0.3 is 0 Å². The van der Waals surface area contributed by atoms with Crippen molar-refractivity contribution in [1.29, 1.82) is 0 Å². The summed E-state index contributed by atoms with van der Waals surface area (Å²) in [5.41, 5.74) is 1.47. The molecular weight excluding hydrogens is 212 g/mol. The summed E-state index contributed by atoms with van der Waals surface area (Å²) < 4.78 is 2.04. The van der Waals surface area contributed by atoms with E-state index in [1.807, 2.05) is 10.6 Å². The van der Waals surface area contributed by atoms with Crippen LogP contribution in [0.25, 0.3) is 0 Å². The molecule has 1 aromatic heterocycles. The average molecular weight is 230 g/mol. The molecule has 3 nitrogen and oxygen atoms in total. The standard InChI is InChI=1S/C14H18N2O/c17-14-5-1-3-13-10-7-11(9-16(13)14)12-4-2-6-15(12)8-10/h1,3,5,10-12H,2,4,6-9H2/t10?,11?,12-/m1/s1. The monoisotopic (exact) mass is 230 g/mol. The molecule has 3 atom stereocenters. The first kappa shape index (κ1) is 9.89. The van der Waals surface area contributed by atoms with Gasteiger partial charge in [0.25, 0.3) is 5.56 Å². The first-order valence-electron chi connectivity index (χ1n) is 6.77. The molecule has 4 heterocycles. The third-order valence-electron chi connectivity index (χ3n) is 4.92. The van der Waals surface area contributed by atoms with E-state index in [9.17, 15) is 4.79 Å². The second-order valence-electron chi connectivity index (χ2n) is 5.80. The number of fused-ring (bicyclic) bond motifs is 6. The van der Waals surface area contributed by atoms with Crippen LogP contribution >= 0.6 is 0 Å². The van der Waals surface area contributed by atoms with Crippen LogP contribution in [0.3, 0.4) is 0 Å². The van der Waals surface area contributed by atoms with Gasteiger partial charge in [-0.3, -0.25) is 9.69 Å². The Morgan fingerprint density at radius 1 is 1.24 bits per heavy atom. The summed E-state index contributed by atoms with van der Waals surface area (Å²) in [5.74, 6) is 1.31. The van der Waals surface area contributed by atoms with Crippen molar-refractivity contribution in [2.24, 2.45) is 5.92 Å². The molecule has 2 unspecified atom stereocenters. The Morgan fingerprint density at radius 2 is 2.18 bits per heavy atom. The van der Waals surface area contributed by atoms with E-state index in [1.54, 1.807) is 6.07 Å². The van der Waals surface area contributed by atoms with E-state index in [0.29, 0.717) is 11.8 Å².